The van der Waals surface area contributed by atoms with Crippen molar-refractivity contribution < 1.29 is 9.47 Å². The predicted molar refractivity (Wildman–Crippen MR) is 178 cm³/mol. The summed E-state index contributed by atoms with van der Waals surface area (Å²) < 4.78 is 12.7. The molecule has 6 aromatic carbocycles. The van der Waals surface area contributed by atoms with Gasteiger partial charge in [-0.15, -0.1) is 0 Å². The highest BCUT2D eigenvalue weighted by molar-refractivity contribution is 6.16. The Balaban J connectivity index is 1.88. The van der Waals surface area contributed by atoms with Crippen LogP contribution in [-0.4, -0.2) is 14.2 Å². The highest BCUT2D eigenvalue weighted by Gasteiger charge is 2.25. The van der Waals surface area contributed by atoms with Crippen molar-refractivity contribution in [1.29, 1.82) is 0 Å². The quantitative estimate of drug-likeness (QED) is 0.206. The molecule has 0 amide bonds. The number of fused-ring (bicyclic) bond motifs is 1. The van der Waals surface area contributed by atoms with E-state index in [2.05, 4.69) is 137 Å². The summed E-state index contributed by atoms with van der Waals surface area (Å²) in [5.41, 5.74) is 13.7. The minimum atomic E-state index is 0.845. The average Bonchev–Trinajstić information content (AvgIpc) is 2.99. The Hall–Kier alpha value is -4.82. The van der Waals surface area contributed by atoms with Gasteiger partial charge in [0.05, 0.1) is 14.2 Å². The second-order valence-electron chi connectivity index (χ2n) is 11.2. The van der Waals surface area contributed by atoms with Gasteiger partial charge in [0, 0.05) is 21.9 Å². The summed E-state index contributed by atoms with van der Waals surface area (Å²) in [5, 5.41) is 2.10. The molecule has 0 aromatic heterocycles. The Kier molecular flexibility index (Phi) is 7.31. The van der Waals surface area contributed by atoms with Crippen molar-refractivity contribution in [3.05, 3.63) is 131 Å². The number of hydrogen-bond donors (Lipinski definition) is 0. The van der Waals surface area contributed by atoms with Crippen molar-refractivity contribution in [1.82, 2.24) is 0 Å². The number of benzene rings is 6. The Bertz CT molecular complexity index is 1800. The molecule has 0 fully saturated rings. The molecule has 0 saturated heterocycles. The van der Waals surface area contributed by atoms with E-state index in [1.54, 1.807) is 14.2 Å². The van der Waals surface area contributed by atoms with Crippen molar-refractivity contribution in [3.63, 3.8) is 0 Å². The van der Waals surface area contributed by atoms with E-state index in [4.69, 9.17) is 9.47 Å². The van der Waals surface area contributed by atoms with E-state index in [0.717, 1.165) is 66.8 Å². The van der Waals surface area contributed by atoms with Gasteiger partial charge in [-0.1, -0.05) is 119 Å². The number of rotatable bonds is 6. The third-order valence-corrected chi connectivity index (χ3v) is 8.03. The summed E-state index contributed by atoms with van der Waals surface area (Å²) in [6, 6.07) is 39.3. The zero-order valence-electron chi connectivity index (χ0n) is 25.2. The lowest BCUT2D eigenvalue weighted by Crippen LogP contribution is -1.99. The summed E-state index contributed by atoms with van der Waals surface area (Å²) in [6.07, 6.45) is 0. The highest BCUT2D eigenvalue weighted by atomic mass is 16.5. The van der Waals surface area contributed by atoms with Crippen LogP contribution in [0.5, 0.6) is 11.5 Å². The van der Waals surface area contributed by atoms with Crippen molar-refractivity contribution in [2.75, 3.05) is 14.2 Å². The maximum Gasteiger partial charge on any atom is 0.135 e. The third kappa shape index (κ3) is 4.94. The molecule has 0 spiro atoms. The molecule has 0 heterocycles. The summed E-state index contributed by atoms with van der Waals surface area (Å²) in [7, 11) is 3.56. The van der Waals surface area contributed by atoms with Gasteiger partial charge >= 0.3 is 0 Å². The first-order valence-electron chi connectivity index (χ1n) is 14.4. The molecule has 0 unspecified atom stereocenters. The van der Waals surface area contributed by atoms with Gasteiger partial charge in [0.1, 0.15) is 11.5 Å². The molecule has 2 nitrogen and oxygen atoms in total. The summed E-state index contributed by atoms with van der Waals surface area (Å²) in [4.78, 5) is 0. The van der Waals surface area contributed by atoms with Crippen LogP contribution in [0.15, 0.2) is 109 Å². The summed E-state index contributed by atoms with van der Waals surface area (Å²) in [6.45, 7) is 8.55. The molecule has 0 bridgehead atoms. The molecule has 6 aromatic rings. The topological polar surface area (TPSA) is 18.5 Å². The Morgan fingerprint density at radius 1 is 0.357 bits per heavy atom. The molecule has 0 aliphatic rings. The van der Waals surface area contributed by atoms with Gasteiger partial charge in [0.2, 0.25) is 0 Å². The molecule has 0 radical (unpaired) electrons. The summed E-state index contributed by atoms with van der Waals surface area (Å²) >= 11 is 0. The van der Waals surface area contributed by atoms with E-state index < -0.39 is 0 Å². The molecule has 208 valence electrons. The Morgan fingerprint density at radius 2 is 0.643 bits per heavy atom. The van der Waals surface area contributed by atoms with E-state index in [1.165, 1.54) is 22.3 Å². The van der Waals surface area contributed by atoms with Crippen LogP contribution in [-0.2, 0) is 0 Å². The smallest absolute Gasteiger partial charge is 0.135 e. The van der Waals surface area contributed by atoms with Crippen molar-refractivity contribution in [3.8, 4) is 56.0 Å². The molecular weight excluding hydrogens is 512 g/mol. The van der Waals surface area contributed by atoms with Crippen LogP contribution in [0, 0.1) is 27.7 Å². The SMILES string of the molecule is COc1c(-c2cccc(C)c2)cc(-c2cccc(C)c2)c2c(OC)c(-c3cccc(C)c3)cc(-c3cccc(C)c3)c12. The van der Waals surface area contributed by atoms with Crippen LogP contribution in [0.25, 0.3) is 55.3 Å². The highest BCUT2D eigenvalue weighted by Crippen LogP contribution is 2.52. The van der Waals surface area contributed by atoms with Gasteiger partial charge in [-0.05, 0) is 73.2 Å². The molecule has 0 saturated carbocycles. The lowest BCUT2D eigenvalue weighted by Gasteiger charge is -2.23. The first-order valence-corrected chi connectivity index (χ1v) is 14.4. The van der Waals surface area contributed by atoms with Gasteiger partial charge in [-0.25, -0.2) is 0 Å². The standard InChI is InChI=1S/C40H36O2/c1-25-11-7-15-29(19-25)33-23-35(31-17-9-13-27(3)21-31)40(42-6)38-34(30-16-8-12-26(2)20-30)24-36(39(41-5)37(33)38)32-18-10-14-28(4)22-32/h7-24H,1-6H3. The largest absolute Gasteiger partial charge is 0.495 e. The normalized spacial score (nSPS) is 11.1. The minimum Gasteiger partial charge on any atom is -0.495 e. The Labute approximate surface area is 249 Å². The average molecular weight is 549 g/mol. The van der Waals surface area contributed by atoms with Crippen LogP contribution in [0.1, 0.15) is 22.3 Å². The van der Waals surface area contributed by atoms with Crippen LogP contribution in [0.2, 0.25) is 0 Å². The summed E-state index contributed by atoms with van der Waals surface area (Å²) in [5.74, 6) is 1.69. The fraction of sp³-hybridized carbons (Fsp3) is 0.150. The van der Waals surface area contributed by atoms with E-state index in [1.807, 2.05) is 0 Å². The van der Waals surface area contributed by atoms with E-state index in [-0.39, 0.29) is 0 Å². The second kappa shape index (κ2) is 11.2. The van der Waals surface area contributed by atoms with Gasteiger partial charge < -0.3 is 9.47 Å². The maximum atomic E-state index is 6.37. The van der Waals surface area contributed by atoms with Crippen LogP contribution >= 0.6 is 0 Å². The van der Waals surface area contributed by atoms with Gasteiger partial charge in [0.15, 0.2) is 0 Å². The number of aryl methyl sites for hydroxylation is 4. The molecule has 2 heteroatoms. The van der Waals surface area contributed by atoms with E-state index >= 15 is 0 Å². The number of methoxy groups -OCH3 is 2. The van der Waals surface area contributed by atoms with Crippen LogP contribution < -0.4 is 9.47 Å². The van der Waals surface area contributed by atoms with E-state index in [0.29, 0.717) is 0 Å². The number of ether oxygens (including phenoxy) is 2. The van der Waals surface area contributed by atoms with Gasteiger partial charge in [-0.3, -0.25) is 0 Å². The van der Waals surface area contributed by atoms with Crippen LogP contribution in [0.3, 0.4) is 0 Å². The first-order chi connectivity index (χ1) is 20.4. The van der Waals surface area contributed by atoms with Crippen LogP contribution in [0.4, 0.5) is 0 Å². The fourth-order valence-electron chi connectivity index (χ4n) is 6.13. The third-order valence-electron chi connectivity index (χ3n) is 8.03. The molecule has 0 N–H and O–H groups in total. The molecule has 42 heavy (non-hydrogen) atoms. The molecular formula is C40H36O2. The van der Waals surface area contributed by atoms with Crippen molar-refractivity contribution in [2.24, 2.45) is 0 Å². The van der Waals surface area contributed by atoms with E-state index in [9.17, 15) is 0 Å². The van der Waals surface area contributed by atoms with Crippen molar-refractivity contribution in [2.45, 2.75) is 27.7 Å². The zero-order chi connectivity index (χ0) is 29.4. The Morgan fingerprint density at radius 3 is 0.905 bits per heavy atom. The fourth-order valence-corrected chi connectivity index (χ4v) is 6.13. The number of hydrogen-bond acceptors (Lipinski definition) is 2. The molecule has 0 aliphatic carbocycles. The maximum absolute atomic E-state index is 6.37. The second-order valence-corrected chi connectivity index (χ2v) is 11.2. The zero-order valence-corrected chi connectivity index (χ0v) is 25.2. The van der Waals surface area contributed by atoms with Gasteiger partial charge in [0.25, 0.3) is 0 Å². The molecule has 0 atom stereocenters. The van der Waals surface area contributed by atoms with Gasteiger partial charge in [-0.2, -0.15) is 0 Å². The molecule has 0 aliphatic heterocycles. The first kappa shape index (κ1) is 27.4. The minimum absolute atomic E-state index is 0.845. The predicted octanol–water partition coefficient (Wildman–Crippen LogP) is 10.8. The molecule has 6 rings (SSSR count). The lowest BCUT2D eigenvalue weighted by molar-refractivity contribution is 0.417. The lowest BCUT2D eigenvalue weighted by atomic mass is 9.84. The van der Waals surface area contributed by atoms with Crippen molar-refractivity contribution >= 4 is 10.8 Å². The monoisotopic (exact) mass is 548 g/mol.